The first-order valence-corrected chi connectivity index (χ1v) is 20.2. The molecule has 0 atom stereocenters. The number of hydrogen-bond donors (Lipinski definition) is 0. The lowest BCUT2D eigenvalue weighted by molar-refractivity contribution is 0.902. The zero-order valence-electron chi connectivity index (χ0n) is 32.0. The van der Waals surface area contributed by atoms with Crippen LogP contribution < -0.4 is 4.90 Å². The van der Waals surface area contributed by atoms with Crippen molar-refractivity contribution in [3.05, 3.63) is 229 Å². The van der Waals surface area contributed by atoms with E-state index in [4.69, 9.17) is 0 Å². The Labute approximate surface area is 335 Å². The number of rotatable bonds is 8. The minimum Gasteiger partial charge on any atom is -0.310 e. The van der Waals surface area contributed by atoms with Gasteiger partial charge in [-0.2, -0.15) is 0 Å². The number of benzene rings is 8. The highest BCUT2D eigenvalue weighted by atomic mass is 15.1. The zero-order chi connectivity index (χ0) is 38.0. The molecule has 2 aliphatic rings. The molecule has 0 saturated carbocycles. The first kappa shape index (κ1) is 34.5. The van der Waals surface area contributed by atoms with Gasteiger partial charge < -0.3 is 4.90 Å². The number of nitrogens with zero attached hydrogens (tertiary/aromatic N) is 1. The molecule has 0 aromatic heterocycles. The Morgan fingerprint density at radius 3 is 1.67 bits per heavy atom. The molecule has 0 radical (unpaired) electrons. The molecule has 0 unspecified atom stereocenters. The second kappa shape index (κ2) is 15.3. The summed E-state index contributed by atoms with van der Waals surface area (Å²) in [5.41, 5.74) is 16.2. The van der Waals surface area contributed by atoms with Gasteiger partial charge in [0.25, 0.3) is 0 Å². The van der Waals surface area contributed by atoms with Crippen LogP contribution in [0.1, 0.15) is 31.2 Å². The zero-order valence-corrected chi connectivity index (χ0v) is 32.0. The first-order chi connectivity index (χ1) is 28.3. The first-order valence-electron chi connectivity index (χ1n) is 20.2. The molecule has 0 aliphatic heterocycles. The molecule has 2 aliphatic carbocycles. The van der Waals surface area contributed by atoms with Crippen molar-refractivity contribution in [2.24, 2.45) is 0 Å². The van der Waals surface area contributed by atoms with Crippen LogP contribution >= 0.6 is 0 Å². The van der Waals surface area contributed by atoms with E-state index in [2.05, 4.69) is 217 Å². The van der Waals surface area contributed by atoms with Gasteiger partial charge in [0, 0.05) is 17.1 Å². The Balaban J connectivity index is 1.11. The average molecular weight is 730 g/mol. The van der Waals surface area contributed by atoms with Crippen molar-refractivity contribution in [3.8, 4) is 33.4 Å². The smallest absolute Gasteiger partial charge is 0.0468 e. The third-order valence-corrected chi connectivity index (χ3v) is 11.6. The Hall–Kier alpha value is -6.96. The summed E-state index contributed by atoms with van der Waals surface area (Å²) in [4.78, 5) is 2.41. The molecule has 1 nitrogen and oxygen atoms in total. The van der Waals surface area contributed by atoms with Gasteiger partial charge in [0.15, 0.2) is 0 Å². The Morgan fingerprint density at radius 2 is 0.965 bits per heavy atom. The van der Waals surface area contributed by atoms with E-state index in [0.29, 0.717) is 0 Å². The molecule has 0 N–H and O–H groups in total. The van der Waals surface area contributed by atoms with Crippen LogP contribution in [0.3, 0.4) is 0 Å². The standard InChI is InChI=1S/C56H43N/c1-4-16-40(17-5-1)49-23-12-13-24-50(49)43-28-32-46(33-29-43)57(48-36-37-52(41-18-6-2-7-19-41)56(39-48)42-20-8-3-9-21-42)47-34-30-44(31-35-47)55-38-45-22-10-11-25-51(45)53-26-14-15-27-54(53)55/h1-4,6-11,13-16,18-22,24-39H,5,12,17,23H2. The topological polar surface area (TPSA) is 3.24 Å². The second-order valence-corrected chi connectivity index (χ2v) is 15.1. The van der Waals surface area contributed by atoms with E-state index in [1.54, 1.807) is 0 Å². The van der Waals surface area contributed by atoms with Crippen molar-refractivity contribution in [2.45, 2.75) is 25.7 Å². The predicted octanol–water partition coefficient (Wildman–Crippen LogP) is 15.8. The molecule has 0 amide bonds. The lowest BCUT2D eigenvalue weighted by atomic mass is 9.85. The number of fused-ring (bicyclic) bond motifs is 3. The molecule has 10 rings (SSSR count). The predicted molar refractivity (Wildman–Crippen MR) is 244 cm³/mol. The third kappa shape index (κ3) is 6.72. The van der Waals surface area contributed by atoms with Crippen LogP contribution in [0.15, 0.2) is 224 Å². The number of hydrogen-bond acceptors (Lipinski definition) is 1. The van der Waals surface area contributed by atoms with Gasteiger partial charge >= 0.3 is 0 Å². The van der Waals surface area contributed by atoms with E-state index >= 15 is 0 Å². The van der Waals surface area contributed by atoms with Crippen LogP contribution in [0.2, 0.25) is 0 Å². The van der Waals surface area contributed by atoms with Crippen LogP contribution in [0.4, 0.5) is 17.1 Å². The van der Waals surface area contributed by atoms with Crippen molar-refractivity contribution in [2.75, 3.05) is 4.90 Å². The molecule has 1 heteroatoms. The van der Waals surface area contributed by atoms with Gasteiger partial charge in [-0.3, -0.25) is 0 Å². The molecule has 57 heavy (non-hydrogen) atoms. The van der Waals surface area contributed by atoms with Crippen LogP contribution in [0.5, 0.6) is 0 Å². The highest BCUT2D eigenvalue weighted by Crippen LogP contribution is 2.43. The van der Waals surface area contributed by atoms with Crippen molar-refractivity contribution in [1.82, 2.24) is 0 Å². The Morgan fingerprint density at radius 1 is 0.386 bits per heavy atom. The van der Waals surface area contributed by atoms with Gasteiger partial charge in [0.1, 0.15) is 0 Å². The van der Waals surface area contributed by atoms with Crippen LogP contribution in [-0.4, -0.2) is 0 Å². The van der Waals surface area contributed by atoms with Crippen LogP contribution in [-0.2, 0) is 0 Å². The summed E-state index contributed by atoms with van der Waals surface area (Å²) >= 11 is 0. The van der Waals surface area contributed by atoms with E-state index in [-0.39, 0.29) is 0 Å². The molecule has 0 spiro atoms. The Kier molecular flexibility index (Phi) is 9.26. The van der Waals surface area contributed by atoms with Gasteiger partial charge in [-0.1, -0.05) is 170 Å². The van der Waals surface area contributed by atoms with E-state index < -0.39 is 0 Å². The lowest BCUT2D eigenvalue weighted by Crippen LogP contribution is -2.10. The summed E-state index contributed by atoms with van der Waals surface area (Å²) in [5.74, 6) is 0. The normalized spacial score (nSPS) is 13.9. The summed E-state index contributed by atoms with van der Waals surface area (Å²) in [6.07, 6.45) is 15.9. The van der Waals surface area contributed by atoms with Crippen molar-refractivity contribution >= 4 is 44.2 Å². The van der Waals surface area contributed by atoms with E-state index in [1.807, 2.05) is 0 Å². The molecule has 0 fully saturated rings. The molecular formula is C56H43N. The maximum atomic E-state index is 2.41. The Bertz CT molecular complexity index is 2850. The summed E-state index contributed by atoms with van der Waals surface area (Å²) < 4.78 is 0. The highest BCUT2D eigenvalue weighted by Gasteiger charge is 2.19. The molecule has 272 valence electrons. The fourth-order valence-corrected chi connectivity index (χ4v) is 8.84. The summed E-state index contributed by atoms with van der Waals surface area (Å²) in [6, 6.07) is 66.7. The van der Waals surface area contributed by atoms with E-state index in [9.17, 15) is 0 Å². The quantitative estimate of drug-likeness (QED) is 0.141. The summed E-state index contributed by atoms with van der Waals surface area (Å²) in [6.45, 7) is 0. The minimum atomic E-state index is 1.09. The highest BCUT2D eigenvalue weighted by molar-refractivity contribution is 6.13. The van der Waals surface area contributed by atoms with Crippen LogP contribution in [0, 0.1) is 0 Å². The van der Waals surface area contributed by atoms with Crippen molar-refractivity contribution in [1.29, 1.82) is 0 Å². The maximum Gasteiger partial charge on any atom is 0.0468 e. The van der Waals surface area contributed by atoms with Gasteiger partial charge in [0.05, 0.1) is 0 Å². The molecular weight excluding hydrogens is 687 g/mol. The van der Waals surface area contributed by atoms with Crippen molar-refractivity contribution < 1.29 is 0 Å². The maximum absolute atomic E-state index is 2.41. The van der Waals surface area contributed by atoms with E-state index in [0.717, 1.165) is 42.7 Å². The van der Waals surface area contributed by atoms with Gasteiger partial charge in [-0.15, -0.1) is 0 Å². The molecule has 0 bridgehead atoms. The second-order valence-electron chi connectivity index (χ2n) is 15.1. The van der Waals surface area contributed by atoms with Gasteiger partial charge in [0.2, 0.25) is 0 Å². The van der Waals surface area contributed by atoms with Gasteiger partial charge in [-0.05, 0) is 145 Å². The molecule has 0 saturated heterocycles. The van der Waals surface area contributed by atoms with E-state index in [1.165, 1.54) is 77.2 Å². The summed E-state index contributed by atoms with van der Waals surface area (Å²) in [5, 5.41) is 5.10. The number of allylic oxidation sites excluding steroid dienone is 8. The summed E-state index contributed by atoms with van der Waals surface area (Å²) in [7, 11) is 0. The largest absolute Gasteiger partial charge is 0.310 e. The molecule has 0 heterocycles. The lowest BCUT2D eigenvalue weighted by Gasteiger charge is -2.27. The van der Waals surface area contributed by atoms with Gasteiger partial charge in [-0.25, -0.2) is 0 Å². The monoisotopic (exact) mass is 729 g/mol. The average Bonchev–Trinajstić information content (AvgIpc) is 3.30. The molecule has 8 aromatic carbocycles. The SMILES string of the molecule is C1=CCCC(C2=C(c3ccc(N(c4ccc(-c5cc6ccccc6c6ccccc56)cc4)c4ccc(-c5ccccc5)c(-c5ccccc5)c4)cc3)C=CCC2)=C1. The third-order valence-electron chi connectivity index (χ3n) is 11.6. The van der Waals surface area contributed by atoms with Crippen molar-refractivity contribution in [3.63, 3.8) is 0 Å². The molecule has 8 aromatic rings. The fourth-order valence-electron chi connectivity index (χ4n) is 8.84. The number of anilines is 3. The minimum absolute atomic E-state index is 1.09. The van der Waals surface area contributed by atoms with Crippen LogP contribution in [0.25, 0.3) is 60.5 Å². The fraction of sp³-hybridized carbons (Fsp3) is 0.0714.